The number of imide groups is 2. The monoisotopic (exact) mass is 416 g/mol. The summed E-state index contributed by atoms with van der Waals surface area (Å²) in [7, 11) is 0. The van der Waals surface area contributed by atoms with Crippen molar-refractivity contribution in [2.75, 3.05) is 26.2 Å². The zero-order valence-electron chi connectivity index (χ0n) is 17.6. The standard InChI is InChI=1S/C22H32N4O4/c27-19-13-17(21(29)25(19)15-5-1-2-6-15)23-9-11-24(12-10-23)18-14-20(28)26(22(18)30)16-7-3-4-8-16/h15-18H,1-14H2. The van der Waals surface area contributed by atoms with Crippen LogP contribution in [-0.4, -0.2) is 93.6 Å². The maximum absolute atomic E-state index is 13.0. The van der Waals surface area contributed by atoms with E-state index in [0.717, 1.165) is 51.4 Å². The average Bonchev–Trinajstić information content (AvgIpc) is 3.51. The van der Waals surface area contributed by atoms with E-state index in [-0.39, 0.29) is 60.6 Å². The van der Waals surface area contributed by atoms with Gasteiger partial charge in [0.1, 0.15) is 0 Å². The van der Waals surface area contributed by atoms with E-state index in [1.807, 2.05) is 0 Å². The first-order chi connectivity index (χ1) is 14.5. The van der Waals surface area contributed by atoms with Crippen LogP contribution in [0.15, 0.2) is 0 Å². The molecule has 0 N–H and O–H groups in total. The van der Waals surface area contributed by atoms with Crippen molar-refractivity contribution >= 4 is 23.6 Å². The molecular formula is C22H32N4O4. The van der Waals surface area contributed by atoms with Crippen LogP contribution in [0.3, 0.4) is 0 Å². The molecular weight excluding hydrogens is 384 g/mol. The maximum atomic E-state index is 13.0. The first-order valence-electron chi connectivity index (χ1n) is 11.7. The lowest BCUT2D eigenvalue weighted by molar-refractivity contribution is -0.145. The largest absolute Gasteiger partial charge is 0.289 e. The summed E-state index contributed by atoms with van der Waals surface area (Å²) >= 11 is 0. The van der Waals surface area contributed by atoms with E-state index in [9.17, 15) is 19.2 Å². The molecule has 2 saturated carbocycles. The van der Waals surface area contributed by atoms with E-state index in [4.69, 9.17) is 0 Å². The van der Waals surface area contributed by atoms with Crippen LogP contribution in [0.25, 0.3) is 0 Å². The molecule has 0 bridgehead atoms. The molecule has 5 fully saturated rings. The predicted octanol–water partition coefficient (Wildman–Crippen LogP) is 0.744. The molecule has 8 heteroatoms. The smallest absolute Gasteiger partial charge is 0.247 e. The molecule has 2 aliphatic carbocycles. The summed E-state index contributed by atoms with van der Waals surface area (Å²) in [5, 5.41) is 0. The van der Waals surface area contributed by atoms with Crippen molar-refractivity contribution in [3.05, 3.63) is 0 Å². The third kappa shape index (κ3) is 3.38. The lowest BCUT2D eigenvalue weighted by Gasteiger charge is -2.39. The maximum Gasteiger partial charge on any atom is 0.247 e. The van der Waals surface area contributed by atoms with Crippen molar-refractivity contribution in [3.8, 4) is 0 Å². The Balaban J connectivity index is 1.19. The van der Waals surface area contributed by atoms with Crippen molar-refractivity contribution < 1.29 is 19.2 Å². The van der Waals surface area contributed by atoms with E-state index >= 15 is 0 Å². The van der Waals surface area contributed by atoms with Gasteiger partial charge in [-0.2, -0.15) is 0 Å². The van der Waals surface area contributed by atoms with Crippen LogP contribution in [0.2, 0.25) is 0 Å². The van der Waals surface area contributed by atoms with Crippen molar-refractivity contribution in [1.82, 2.24) is 19.6 Å². The minimum absolute atomic E-state index is 0.0249. The quantitative estimate of drug-likeness (QED) is 0.629. The molecule has 164 valence electrons. The van der Waals surface area contributed by atoms with E-state index in [0.29, 0.717) is 26.2 Å². The molecule has 5 aliphatic rings. The van der Waals surface area contributed by atoms with E-state index < -0.39 is 0 Å². The highest BCUT2D eigenvalue weighted by Gasteiger charge is 2.48. The van der Waals surface area contributed by atoms with Gasteiger partial charge in [0.05, 0.1) is 24.9 Å². The van der Waals surface area contributed by atoms with Crippen molar-refractivity contribution in [3.63, 3.8) is 0 Å². The van der Waals surface area contributed by atoms with Crippen LogP contribution in [0.1, 0.15) is 64.2 Å². The number of hydrogen-bond donors (Lipinski definition) is 0. The number of piperazine rings is 1. The lowest BCUT2D eigenvalue weighted by atomic mass is 10.1. The molecule has 8 nitrogen and oxygen atoms in total. The zero-order valence-corrected chi connectivity index (χ0v) is 17.6. The third-order valence-corrected chi connectivity index (χ3v) is 7.93. The van der Waals surface area contributed by atoms with Gasteiger partial charge in [0.15, 0.2) is 0 Å². The highest BCUT2D eigenvalue weighted by molar-refractivity contribution is 6.06. The Kier molecular flexibility index (Phi) is 5.39. The third-order valence-electron chi connectivity index (χ3n) is 7.93. The van der Waals surface area contributed by atoms with E-state index in [2.05, 4.69) is 9.80 Å². The van der Waals surface area contributed by atoms with E-state index in [1.54, 1.807) is 9.80 Å². The van der Waals surface area contributed by atoms with E-state index in [1.165, 1.54) is 0 Å². The number of nitrogens with zero attached hydrogens (tertiary/aromatic N) is 4. The molecule has 0 aromatic carbocycles. The fraction of sp³-hybridized carbons (Fsp3) is 0.818. The number of carbonyl (C=O) groups is 4. The molecule has 3 heterocycles. The van der Waals surface area contributed by atoms with Gasteiger partial charge in [-0.25, -0.2) is 0 Å². The Hall–Kier alpha value is -1.80. The second-order valence-electron chi connectivity index (χ2n) is 9.59. The number of carbonyl (C=O) groups excluding carboxylic acids is 4. The number of hydrogen-bond acceptors (Lipinski definition) is 6. The molecule has 2 atom stereocenters. The summed E-state index contributed by atoms with van der Waals surface area (Å²) in [4.78, 5) is 58.3. The molecule has 30 heavy (non-hydrogen) atoms. The van der Waals surface area contributed by atoms with Crippen molar-refractivity contribution in [2.45, 2.75) is 88.4 Å². The lowest BCUT2D eigenvalue weighted by Crippen LogP contribution is -2.56. The molecule has 0 radical (unpaired) electrons. The Morgan fingerprint density at radius 3 is 1.20 bits per heavy atom. The molecule has 3 aliphatic heterocycles. The van der Waals surface area contributed by atoms with Gasteiger partial charge in [-0.1, -0.05) is 25.7 Å². The van der Waals surface area contributed by atoms with Gasteiger partial charge >= 0.3 is 0 Å². The van der Waals surface area contributed by atoms with Gasteiger partial charge in [-0.3, -0.25) is 38.8 Å². The van der Waals surface area contributed by atoms with Crippen LogP contribution in [-0.2, 0) is 19.2 Å². The molecule has 0 aromatic heterocycles. The molecule has 3 saturated heterocycles. The highest BCUT2D eigenvalue weighted by Crippen LogP contribution is 2.32. The SMILES string of the molecule is O=C1CC(N2CCN(C3CC(=O)N(C4CCCC4)C3=O)CC2)C(=O)N1C1CCCC1. The van der Waals surface area contributed by atoms with Gasteiger partial charge in [0.25, 0.3) is 0 Å². The Labute approximate surface area is 177 Å². The van der Waals surface area contributed by atoms with Crippen LogP contribution in [0, 0.1) is 0 Å². The first-order valence-corrected chi connectivity index (χ1v) is 11.7. The van der Waals surface area contributed by atoms with Gasteiger partial charge in [0.2, 0.25) is 23.6 Å². The van der Waals surface area contributed by atoms with Gasteiger partial charge in [0, 0.05) is 38.3 Å². The van der Waals surface area contributed by atoms with Crippen LogP contribution in [0.4, 0.5) is 0 Å². The molecule has 0 aromatic rings. The highest BCUT2D eigenvalue weighted by atomic mass is 16.2. The second kappa shape index (κ2) is 8.04. The topological polar surface area (TPSA) is 81.2 Å². The summed E-state index contributed by atoms with van der Waals surface area (Å²) < 4.78 is 0. The fourth-order valence-corrected chi connectivity index (χ4v) is 6.29. The van der Waals surface area contributed by atoms with Crippen molar-refractivity contribution in [1.29, 1.82) is 0 Å². The Morgan fingerprint density at radius 1 is 0.533 bits per heavy atom. The summed E-state index contributed by atoms with van der Waals surface area (Å²) in [6.07, 6.45) is 8.70. The van der Waals surface area contributed by atoms with Gasteiger partial charge < -0.3 is 0 Å². The molecule has 2 unspecified atom stereocenters. The molecule has 0 spiro atoms. The van der Waals surface area contributed by atoms with Crippen LogP contribution in [0.5, 0.6) is 0 Å². The number of rotatable bonds is 4. The van der Waals surface area contributed by atoms with Crippen LogP contribution < -0.4 is 0 Å². The fourth-order valence-electron chi connectivity index (χ4n) is 6.29. The molecule has 5 rings (SSSR count). The number of amides is 4. The summed E-state index contributed by atoms with van der Waals surface area (Å²) in [6.45, 7) is 2.63. The first kappa shape index (κ1) is 20.1. The van der Waals surface area contributed by atoms with Gasteiger partial charge in [-0.15, -0.1) is 0 Å². The zero-order chi connectivity index (χ0) is 20.8. The molecule has 4 amide bonds. The predicted molar refractivity (Wildman–Crippen MR) is 108 cm³/mol. The number of likely N-dealkylation sites (tertiary alicyclic amines) is 2. The Morgan fingerprint density at radius 2 is 0.867 bits per heavy atom. The Bertz CT molecular complexity index is 673. The van der Waals surface area contributed by atoms with Crippen molar-refractivity contribution in [2.24, 2.45) is 0 Å². The summed E-state index contributed by atoms with van der Waals surface area (Å²) in [6, 6.07) is -0.507. The summed E-state index contributed by atoms with van der Waals surface area (Å²) in [5.74, 6) is -0.106. The van der Waals surface area contributed by atoms with Gasteiger partial charge in [-0.05, 0) is 25.7 Å². The second-order valence-corrected chi connectivity index (χ2v) is 9.59. The summed E-state index contributed by atoms with van der Waals surface area (Å²) in [5.41, 5.74) is 0. The minimum atomic E-state index is -0.351. The average molecular weight is 417 g/mol. The van der Waals surface area contributed by atoms with Crippen LogP contribution >= 0.6 is 0 Å². The minimum Gasteiger partial charge on any atom is -0.289 e. The normalized spacial score (nSPS) is 33.1.